The maximum atomic E-state index is 15.0. The zero-order valence-electron chi connectivity index (χ0n) is 18.3. The number of pyridine rings is 1. The van der Waals surface area contributed by atoms with Gasteiger partial charge in [0.05, 0.1) is 46.5 Å². The number of halogens is 3. The summed E-state index contributed by atoms with van der Waals surface area (Å²) in [6.07, 6.45) is 4.83. The molecule has 174 valence electrons. The van der Waals surface area contributed by atoms with Crippen LogP contribution in [0.2, 0.25) is 5.02 Å². The Balaban J connectivity index is 1.52. The number of β-amino-alcohol motifs (C(OH)–C–C–N with tert-alkyl or cyclic N) is 1. The molecule has 2 N–H and O–H groups in total. The second-order valence-corrected chi connectivity index (χ2v) is 8.77. The van der Waals surface area contributed by atoms with E-state index >= 15 is 4.39 Å². The van der Waals surface area contributed by atoms with Crippen LogP contribution in [0.4, 0.5) is 20.3 Å². The second kappa shape index (κ2) is 9.12. The van der Waals surface area contributed by atoms with E-state index in [1.54, 1.807) is 30.5 Å². The number of hydrogen-bond acceptors (Lipinski definition) is 6. The van der Waals surface area contributed by atoms with Gasteiger partial charge in [-0.3, -0.25) is 9.97 Å². The zero-order valence-corrected chi connectivity index (χ0v) is 19.1. The number of aliphatic hydroxyl groups excluding tert-OH is 1. The average Bonchev–Trinajstić information content (AvgIpc) is 3.27. The monoisotopic (exact) mass is 481 g/mol. The molecule has 0 spiro atoms. The summed E-state index contributed by atoms with van der Waals surface area (Å²) in [7, 11) is 0. The lowest BCUT2D eigenvalue weighted by atomic mass is 10.0. The van der Waals surface area contributed by atoms with E-state index in [-0.39, 0.29) is 17.5 Å². The topological polar surface area (TPSA) is 74.2 Å². The molecule has 3 heterocycles. The lowest BCUT2D eigenvalue weighted by molar-refractivity contribution is 0.198. The zero-order chi connectivity index (χ0) is 23.8. The van der Waals surface area contributed by atoms with Gasteiger partial charge < -0.3 is 15.3 Å². The number of aromatic nitrogens is 3. The molecule has 0 radical (unpaired) electrons. The Kier molecular flexibility index (Phi) is 6.02. The van der Waals surface area contributed by atoms with E-state index in [1.807, 2.05) is 11.8 Å². The molecule has 4 aromatic rings. The van der Waals surface area contributed by atoms with Gasteiger partial charge in [0.1, 0.15) is 17.5 Å². The third-order valence-electron chi connectivity index (χ3n) is 6.04. The van der Waals surface area contributed by atoms with Crippen molar-refractivity contribution in [1.29, 1.82) is 0 Å². The van der Waals surface area contributed by atoms with Crippen molar-refractivity contribution in [3.8, 4) is 11.3 Å². The predicted octanol–water partition coefficient (Wildman–Crippen LogP) is 5.37. The molecule has 1 fully saturated rings. The lowest BCUT2D eigenvalue weighted by Crippen LogP contribution is -2.22. The van der Waals surface area contributed by atoms with Gasteiger partial charge in [-0.25, -0.2) is 13.8 Å². The Morgan fingerprint density at radius 3 is 2.62 bits per heavy atom. The summed E-state index contributed by atoms with van der Waals surface area (Å²) in [5, 5.41) is 13.9. The fourth-order valence-electron chi connectivity index (χ4n) is 4.23. The minimum atomic E-state index is -0.492. The summed E-state index contributed by atoms with van der Waals surface area (Å²) in [5.74, 6) is -0.189. The number of hydrogen-bond donors (Lipinski definition) is 2. The van der Waals surface area contributed by atoms with Crippen LogP contribution in [-0.4, -0.2) is 39.3 Å². The van der Waals surface area contributed by atoms with Crippen molar-refractivity contribution in [2.75, 3.05) is 23.3 Å². The van der Waals surface area contributed by atoms with Gasteiger partial charge in [-0.05, 0) is 25.5 Å². The number of nitrogens with one attached hydrogen (secondary N) is 1. The van der Waals surface area contributed by atoms with Crippen LogP contribution < -0.4 is 10.2 Å². The largest absolute Gasteiger partial charge is 0.391 e. The first-order valence-corrected chi connectivity index (χ1v) is 11.3. The van der Waals surface area contributed by atoms with Gasteiger partial charge in [0.2, 0.25) is 0 Å². The standard InChI is InChI=1S/C25H22ClF2N5O/c1-14(16-4-2-3-5-20(16)27)32-25-18-8-17(21(28)9-22(18)29-10-19(25)26)23-11-31-24(12-30-23)33-7-6-15(34)13-33/h2-5,8-12,14-15,34H,6-7,13H2,1H3,(H,29,32). The van der Waals surface area contributed by atoms with Gasteiger partial charge in [-0.1, -0.05) is 29.8 Å². The minimum absolute atomic E-state index is 0.249. The molecule has 34 heavy (non-hydrogen) atoms. The molecular formula is C25H22ClF2N5O. The first kappa shape index (κ1) is 22.4. The average molecular weight is 482 g/mol. The van der Waals surface area contributed by atoms with Crippen molar-refractivity contribution >= 4 is 34.0 Å². The smallest absolute Gasteiger partial charge is 0.147 e. The highest BCUT2D eigenvalue weighted by atomic mass is 35.5. The molecule has 0 amide bonds. The van der Waals surface area contributed by atoms with Crippen LogP contribution in [0, 0.1) is 11.6 Å². The predicted molar refractivity (Wildman–Crippen MR) is 129 cm³/mol. The minimum Gasteiger partial charge on any atom is -0.391 e. The molecule has 5 rings (SSSR count). The van der Waals surface area contributed by atoms with E-state index in [9.17, 15) is 9.50 Å². The van der Waals surface area contributed by atoms with Crippen molar-refractivity contribution in [3.05, 3.63) is 77.2 Å². The molecule has 1 saturated heterocycles. The number of anilines is 2. The van der Waals surface area contributed by atoms with E-state index in [0.29, 0.717) is 58.2 Å². The van der Waals surface area contributed by atoms with Crippen LogP contribution >= 0.6 is 11.6 Å². The Labute approximate surface area is 200 Å². The third kappa shape index (κ3) is 4.26. The number of rotatable bonds is 5. The normalized spacial score (nSPS) is 16.7. The van der Waals surface area contributed by atoms with Crippen LogP contribution in [0.25, 0.3) is 22.2 Å². The summed E-state index contributed by atoms with van der Waals surface area (Å²) in [6, 6.07) is 9.06. The molecule has 2 aromatic heterocycles. The van der Waals surface area contributed by atoms with Crippen LogP contribution in [0.3, 0.4) is 0 Å². The quantitative estimate of drug-likeness (QED) is 0.399. The molecule has 9 heteroatoms. The maximum Gasteiger partial charge on any atom is 0.147 e. The number of fused-ring (bicyclic) bond motifs is 1. The van der Waals surface area contributed by atoms with Gasteiger partial charge in [0.15, 0.2) is 0 Å². The summed E-state index contributed by atoms with van der Waals surface area (Å²) < 4.78 is 29.3. The fraction of sp³-hybridized carbons (Fsp3) is 0.240. The molecule has 2 aromatic carbocycles. The molecule has 6 nitrogen and oxygen atoms in total. The van der Waals surface area contributed by atoms with Crippen molar-refractivity contribution in [2.24, 2.45) is 0 Å². The van der Waals surface area contributed by atoms with E-state index in [0.717, 1.165) is 0 Å². The molecule has 2 unspecified atom stereocenters. The molecule has 1 aliphatic heterocycles. The molecule has 0 saturated carbocycles. The van der Waals surface area contributed by atoms with Gasteiger partial charge in [-0.2, -0.15) is 0 Å². The first-order valence-electron chi connectivity index (χ1n) is 10.9. The molecule has 1 aliphatic rings. The first-order chi connectivity index (χ1) is 16.4. The van der Waals surface area contributed by atoms with Crippen LogP contribution in [-0.2, 0) is 0 Å². The Hall–Kier alpha value is -3.36. The lowest BCUT2D eigenvalue weighted by Gasteiger charge is -2.19. The Morgan fingerprint density at radius 1 is 1.09 bits per heavy atom. The third-order valence-corrected chi connectivity index (χ3v) is 6.33. The number of nitrogens with zero attached hydrogens (tertiary/aromatic N) is 4. The van der Waals surface area contributed by atoms with Gasteiger partial charge in [0, 0.05) is 41.9 Å². The van der Waals surface area contributed by atoms with E-state index in [4.69, 9.17) is 11.6 Å². The van der Waals surface area contributed by atoms with Crippen LogP contribution in [0.5, 0.6) is 0 Å². The van der Waals surface area contributed by atoms with Gasteiger partial charge >= 0.3 is 0 Å². The molecular weight excluding hydrogens is 460 g/mol. The summed E-state index contributed by atoms with van der Waals surface area (Å²) in [5.41, 5.74) is 2.03. The highest BCUT2D eigenvalue weighted by Crippen LogP contribution is 2.36. The molecule has 0 bridgehead atoms. The summed E-state index contributed by atoms with van der Waals surface area (Å²) in [6.45, 7) is 3.02. The van der Waals surface area contributed by atoms with Crippen molar-refractivity contribution in [1.82, 2.24) is 15.0 Å². The van der Waals surface area contributed by atoms with Crippen molar-refractivity contribution in [2.45, 2.75) is 25.5 Å². The van der Waals surface area contributed by atoms with Crippen LogP contribution in [0.1, 0.15) is 24.9 Å². The number of aliphatic hydroxyl groups is 1. The summed E-state index contributed by atoms with van der Waals surface area (Å²) in [4.78, 5) is 15.0. The maximum absolute atomic E-state index is 15.0. The SMILES string of the molecule is CC(Nc1c(Cl)cnc2cc(F)c(-c3cnc(N4CCC(O)C4)cn3)cc12)c1ccccc1F. The van der Waals surface area contributed by atoms with E-state index in [2.05, 4.69) is 20.3 Å². The van der Waals surface area contributed by atoms with Crippen LogP contribution in [0.15, 0.2) is 55.0 Å². The molecule has 0 aliphatic carbocycles. The van der Waals surface area contributed by atoms with Crippen molar-refractivity contribution < 1.29 is 13.9 Å². The Morgan fingerprint density at radius 2 is 1.91 bits per heavy atom. The van der Waals surface area contributed by atoms with Crippen molar-refractivity contribution in [3.63, 3.8) is 0 Å². The fourth-order valence-corrected chi connectivity index (χ4v) is 4.43. The highest BCUT2D eigenvalue weighted by Gasteiger charge is 2.22. The summed E-state index contributed by atoms with van der Waals surface area (Å²) >= 11 is 6.45. The Bertz CT molecular complexity index is 1350. The molecule has 2 atom stereocenters. The second-order valence-electron chi connectivity index (χ2n) is 8.37. The van der Waals surface area contributed by atoms with Gasteiger partial charge in [-0.15, -0.1) is 0 Å². The van der Waals surface area contributed by atoms with E-state index in [1.165, 1.54) is 24.5 Å². The van der Waals surface area contributed by atoms with Gasteiger partial charge in [0.25, 0.3) is 0 Å². The highest BCUT2D eigenvalue weighted by molar-refractivity contribution is 6.34. The number of benzene rings is 2. The van der Waals surface area contributed by atoms with E-state index < -0.39 is 11.9 Å².